The van der Waals surface area contributed by atoms with Gasteiger partial charge in [0.2, 0.25) is 5.91 Å². The lowest BCUT2D eigenvalue weighted by Crippen LogP contribution is -2.45. The molecule has 2 atom stereocenters. The number of rotatable bonds is 51. The van der Waals surface area contributed by atoms with Crippen LogP contribution >= 0.6 is 0 Å². The molecule has 0 spiro atoms. The van der Waals surface area contributed by atoms with Crippen molar-refractivity contribution in [3.8, 4) is 0 Å². The Morgan fingerprint density at radius 3 is 0.881 bits per heavy atom. The van der Waals surface area contributed by atoms with Gasteiger partial charge in [0.05, 0.1) is 18.8 Å². The lowest BCUT2D eigenvalue weighted by Gasteiger charge is -2.20. The van der Waals surface area contributed by atoms with Crippen LogP contribution in [0.1, 0.15) is 316 Å². The van der Waals surface area contributed by atoms with E-state index >= 15 is 0 Å². The topological polar surface area (TPSA) is 69.6 Å². The van der Waals surface area contributed by atoms with E-state index in [1.807, 2.05) is 6.08 Å². The van der Waals surface area contributed by atoms with Gasteiger partial charge in [-0.2, -0.15) is 0 Å². The van der Waals surface area contributed by atoms with Gasteiger partial charge < -0.3 is 15.5 Å². The molecule has 0 aromatic heterocycles. The van der Waals surface area contributed by atoms with Crippen LogP contribution in [-0.4, -0.2) is 34.9 Å². The molecule has 3 N–H and O–H groups in total. The molecule has 0 aliphatic rings. The standard InChI is InChI=1S/C55H109NO3/c1-3-5-7-9-11-13-15-17-19-21-23-24-25-26-27-28-29-30-31-33-34-36-38-40-42-44-46-48-50-54(58)53(52-57)56-55(59)51-49-47-45-43-41-39-37-35-32-22-20-18-16-14-12-10-8-6-4-2/h48,50,53-54,57-58H,3-47,49,51-52H2,1-2H3,(H,56,59)/b50-48+. The molecule has 0 rings (SSSR count). The van der Waals surface area contributed by atoms with Gasteiger partial charge in [0.15, 0.2) is 0 Å². The summed E-state index contributed by atoms with van der Waals surface area (Å²) in [6.45, 7) is 4.35. The van der Waals surface area contributed by atoms with E-state index in [2.05, 4.69) is 19.2 Å². The van der Waals surface area contributed by atoms with Crippen LogP contribution in [0.2, 0.25) is 0 Å². The third-order valence-corrected chi connectivity index (χ3v) is 13.0. The van der Waals surface area contributed by atoms with Crippen LogP contribution in [-0.2, 0) is 4.79 Å². The van der Waals surface area contributed by atoms with Crippen LogP contribution in [0.25, 0.3) is 0 Å². The second-order valence-corrected chi connectivity index (χ2v) is 19.0. The normalized spacial score (nSPS) is 12.8. The first-order chi connectivity index (χ1) is 29.2. The van der Waals surface area contributed by atoms with Crippen LogP contribution in [0.4, 0.5) is 0 Å². The maximum atomic E-state index is 12.4. The zero-order valence-electron chi connectivity index (χ0n) is 40.6. The minimum absolute atomic E-state index is 0.0566. The molecule has 0 aliphatic carbocycles. The van der Waals surface area contributed by atoms with Crippen molar-refractivity contribution in [3.63, 3.8) is 0 Å². The van der Waals surface area contributed by atoms with Gasteiger partial charge in [-0.3, -0.25) is 4.79 Å². The number of aliphatic hydroxyl groups excluding tert-OH is 2. The maximum absolute atomic E-state index is 12.4. The number of hydrogen-bond acceptors (Lipinski definition) is 3. The van der Waals surface area contributed by atoms with E-state index in [-0.39, 0.29) is 12.5 Å². The summed E-state index contributed by atoms with van der Waals surface area (Å²) in [4.78, 5) is 12.4. The van der Waals surface area contributed by atoms with Crippen molar-refractivity contribution in [2.45, 2.75) is 328 Å². The Morgan fingerprint density at radius 2 is 0.627 bits per heavy atom. The highest BCUT2D eigenvalue weighted by Gasteiger charge is 2.18. The highest BCUT2D eigenvalue weighted by atomic mass is 16.3. The van der Waals surface area contributed by atoms with Gasteiger partial charge in [-0.25, -0.2) is 0 Å². The Kier molecular flexibility index (Phi) is 50.7. The molecule has 2 unspecified atom stereocenters. The predicted molar refractivity (Wildman–Crippen MR) is 263 cm³/mol. The van der Waals surface area contributed by atoms with Gasteiger partial charge in [0.1, 0.15) is 0 Å². The van der Waals surface area contributed by atoms with E-state index < -0.39 is 12.1 Å². The molecule has 4 heteroatoms. The fraction of sp³-hybridized carbons (Fsp3) is 0.945. The molecule has 59 heavy (non-hydrogen) atoms. The smallest absolute Gasteiger partial charge is 0.220 e. The lowest BCUT2D eigenvalue weighted by molar-refractivity contribution is -0.123. The summed E-state index contributed by atoms with van der Waals surface area (Å²) in [5.74, 6) is -0.0566. The van der Waals surface area contributed by atoms with Crippen molar-refractivity contribution in [2.24, 2.45) is 0 Å². The van der Waals surface area contributed by atoms with E-state index in [9.17, 15) is 15.0 Å². The Hall–Kier alpha value is -0.870. The molecule has 0 saturated heterocycles. The molecule has 1 amide bonds. The lowest BCUT2D eigenvalue weighted by atomic mass is 10.0. The zero-order chi connectivity index (χ0) is 42.8. The molecule has 4 nitrogen and oxygen atoms in total. The van der Waals surface area contributed by atoms with E-state index in [0.29, 0.717) is 6.42 Å². The highest BCUT2D eigenvalue weighted by Crippen LogP contribution is 2.18. The molecule has 352 valence electrons. The molecule has 0 bridgehead atoms. The first kappa shape index (κ1) is 58.1. The zero-order valence-corrected chi connectivity index (χ0v) is 40.6. The monoisotopic (exact) mass is 832 g/mol. The molecule has 0 fully saturated rings. The van der Waals surface area contributed by atoms with Crippen molar-refractivity contribution in [3.05, 3.63) is 12.2 Å². The summed E-state index contributed by atoms with van der Waals surface area (Å²) in [7, 11) is 0. The van der Waals surface area contributed by atoms with Crippen LogP contribution in [0, 0.1) is 0 Å². The number of nitrogens with one attached hydrogen (secondary N) is 1. The Balaban J connectivity index is 3.45. The van der Waals surface area contributed by atoms with Gasteiger partial charge in [0.25, 0.3) is 0 Å². The average Bonchev–Trinajstić information content (AvgIpc) is 3.24. The van der Waals surface area contributed by atoms with Gasteiger partial charge in [-0.1, -0.05) is 302 Å². The summed E-state index contributed by atoms with van der Waals surface area (Å²) in [6, 6.07) is -0.618. The summed E-state index contributed by atoms with van der Waals surface area (Å²) < 4.78 is 0. The number of unbranched alkanes of at least 4 members (excludes halogenated alkanes) is 44. The summed E-state index contributed by atoms with van der Waals surface area (Å²) >= 11 is 0. The maximum Gasteiger partial charge on any atom is 0.220 e. The molecule has 0 aromatic rings. The fourth-order valence-corrected chi connectivity index (χ4v) is 8.83. The van der Waals surface area contributed by atoms with Gasteiger partial charge in [-0.05, 0) is 19.3 Å². The predicted octanol–water partition coefficient (Wildman–Crippen LogP) is 17.8. The third-order valence-electron chi connectivity index (χ3n) is 13.0. The number of amides is 1. The first-order valence-electron chi connectivity index (χ1n) is 27.4. The van der Waals surface area contributed by atoms with Crippen LogP contribution in [0.3, 0.4) is 0 Å². The van der Waals surface area contributed by atoms with E-state index in [1.54, 1.807) is 6.08 Å². The van der Waals surface area contributed by atoms with Gasteiger partial charge in [0, 0.05) is 6.42 Å². The van der Waals surface area contributed by atoms with E-state index in [4.69, 9.17) is 0 Å². The van der Waals surface area contributed by atoms with E-state index in [0.717, 1.165) is 25.7 Å². The number of carbonyl (C=O) groups excluding carboxylic acids is 1. The average molecular weight is 832 g/mol. The number of aliphatic hydroxyl groups is 2. The Morgan fingerprint density at radius 1 is 0.390 bits per heavy atom. The molecular weight excluding hydrogens is 723 g/mol. The molecule has 0 heterocycles. The summed E-state index contributed by atoms with van der Waals surface area (Å²) in [5.41, 5.74) is 0. The Labute approximate surface area is 371 Å². The van der Waals surface area contributed by atoms with Gasteiger partial charge >= 0.3 is 0 Å². The number of allylic oxidation sites excluding steroid dienone is 1. The molecule has 0 aromatic carbocycles. The first-order valence-corrected chi connectivity index (χ1v) is 27.4. The van der Waals surface area contributed by atoms with Crippen molar-refractivity contribution in [1.82, 2.24) is 5.32 Å². The van der Waals surface area contributed by atoms with Crippen LogP contribution in [0.15, 0.2) is 12.2 Å². The van der Waals surface area contributed by atoms with Crippen molar-refractivity contribution in [1.29, 1.82) is 0 Å². The number of carbonyl (C=O) groups is 1. The minimum atomic E-state index is -0.835. The van der Waals surface area contributed by atoms with Crippen molar-refractivity contribution < 1.29 is 15.0 Å². The molecule has 0 radical (unpaired) electrons. The minimum Gasteiger partial charge on any atom is -0.394 e. The fourth-order valence-electron chi connectivity index (χ4n) is 8.83. The summed E-state index contributed by atoms with van der Waals surface area (Å²) in [5, 5.41) is 23.2. The molecule has 0 saturated carbocycles. The Bertz CT molecular complexity index is 814. The number of hydrogen-bond donors (Lipinski definition) is 3. The third kappa shape index (κ3) is 48.0. The molecular formula is C55H109NO3. The quantitative estimate of drug-likeness (QED) is 0.0422. The summed E-state index contributed by atoms with van der Waals surface area (Å²) in [6.07, 6.45) is 66.6. The second-order valence-electron chi connectivity index (χ2n) is 19.0. The van der Waals surface area contributed by atoms with Crippen LogP contribution < -0.4 is 5.32 Å². The van der Waals surface area contributed by atoms with E-state index in [1.165, 1.54) is 270 Å². The SMILES string of the molecule is CCCCCCCCCCCCCCCCCCCCCCCCCCCC/C=C/C(O)C(CO)NC(=O)CCCCCCCCCCCCCCCCCCCCC. The largest absolute Gasteiger partial charge is 0.394 e. The highest BCUT2D eigenvalue weighted by molar-refractivity contribution is 5.76. The second kappa shape index (κ2) is 51.5. The van der Waals surface area contributed by atoms with Crippen molar-refractivity contribution >= 4 is 5.91 Å². The van der Waals surface area contributed by atoms with Gasteiger partial charge in [-0.15, -0.1) is 0 Å². The molecule has 0 aliphatic heterocycles. The van der Waals surface area contributed by atoms with Crippen molar-refractivity contribution in [2.75, 3.05) is 6.61 Å². The van der Waals surface area contributed by atoms with Crippen LogP contribution in [0.5, 0.6) is 0 Å².